The molecule has 0 saturated carbocycles. The number of nitrogens with one attached hydrogen (secondary N) is 2. The van der Waals surface area contributed by atoms with E-state index in [1.807, 2.05) is 50.2 Å². The van der Waals surface area contributed by atoms with Crippen molar-refractivity contribution >= 4 is 11.0 Å². The molecule has 0 aliphatic rings. The third kappa shape index (κ3) is 4.11. The number of rotatable bonds is 7. The Morgan fingerprint density at radius 3 is 2.70 bits per heavy atom. The number of nitrogens with zero attached hydrogens (tertiary/aromatic N) is 1. The summed E-state index contributed by atoms with van der Waals surface area (Å²) in [5, 5.41) is 3.47. The summed E-state index contributed by atoms with van der Waals surface area (Å²) in [6.07, 6.45) is 1.06. The number of hydrogen-bond donors (Lipinski definition) is 2. The van der Waals surface area contributed by atoms with Crippen molar-refractivity contribution in [3.63, 3.8) is 0 Å². The van der Waals surface area contributed by atoms with Crippen LogP contribution < -0.4 is 10.1 Å². The number of fused-ring (bicyclic) bond motifs is 1. The van der Waals surface area contributed by atoms with Gasteiger partial charge in [-0.25, -0.2) is 4.98 Å². The Morgan fingerprint density at radius 2 is 1.87 bits per heavy atom. The van der Waals surface area contributed by atoms with Crippen molar-refractivity contribution in [3.05, 3.63) is 59.9 Å². The molecule has 0 aliphatic heterocycles. The summed E-state index contributed by atoms with van der Waals surface area (Å²) in [5.41, 5.74) is 3.31. The highest BCUT2D eigenvalue weighted by Gasteiger charge is 2.05. The fraction of sp³-hybridized carbons (Fsp3) is 0.316. The maximum absolute atomic E-state index is 5.84. The quantitative estimate of drug-likeness (QED) is 0.655. The van der Waals surface area contributed by atoms with Crippen molar-refractivity contribution in [2.75, 3.05) is 6.54 Å². The van der Waals surface area contributed by atoms with Crippen LogP contribution in [0.15, 0.2) is 48.5 Å². The molecule has 4 nitrogen and oxygen atoms in total. The van der Waals surface area contributed by atoms with E-state index >= 15 is 0 Å². The minimum atomic E-state index is 0.187. The van der Waals surface area contributed by atoms with Gasteiger partial charge in [0.1, 0.15) is 11.6 Å². The molecule has 0 spiro atoms. The zero-order valence-electron chi connectivity index (χ0n) is 13.7. The molecule has 120 valence electrons. The third-order valence-corrected chi connectivity index (χ3v) is 3.63. The zero-order valence-corrected chi connectivity index (χ0v) is 13.7. The van der Waals surface area contributed by atoms with E-state index in [4.69, 9.17) is 4.74 Å². The lowest BCUT2D eigenvalue weighted by atomic mass is 10.2. The minimum absolute atomic E-state index is 0.187. The van der Waals surface area contributed by atoms with Crippen molar-refractivity contribution in [1.82, 2.24) is 15.3 Å². The van der Waals surface area contributed by atoms with Crippen molar-refractivity contribution in [2.24, 2.45) is 0 Å². The van der Waals surface area contributed by atoms with E-state index in [9.17, 15) is 0 Å². The Morgan fingerprint density at radius 1 is 1.09 bits per heavy atom. The molecule has 0 saturated heterocycles. The van der Waals surface area contributed by atoms with E-state index in [1.165, 1.54) is 5.56 Å². The number of H-pyrrole nitrogens is 1. The van der Waals surface area contributed by atoms with Crippen LogP contribution in [-0.4, -0.2) is 22.6 Å². The average molecular weight is 309 g/mol. The highest BCUT2D eigenvalue weighted by Crippen LogP contribution is 2.19. The van der Waals surface area contributed by atoms with Gasteiger partial charge in [0.05, 0.1) is 17.1 Å². The van der Waals surface area contributed by atoms with E-state index in [0.717, 1.165) is 42.1 Å². The Kier molecular flexibility index (Phi) is 4.93. The van der Waals surface area contributed by atoms with Gasteiger partial charge in [0.25, 0.3) is 0 Å². The molecule has 0 fully saturated rings. The molecule has 0 amide bonds. The van der Waals surface area contributed by atoms with E-state index in [2.05, 4.69) is 27.4 Å². The van der Waals surface area contributed by atoms with E-state index in [1.54, 1.807) is 0 Å². The maximum atomic E-state index is 5.84. The van der Waals surface area contributed by atoms with Gasteiger partial charge >= 0.3 is 0 Å². The van der Waals surface area contributed by atoms with Crippen molar-refractivity contribution in [2.45, 2.75) is 32.9 Å². The van der Waals surface area contributed by atoms with E-state index in [0.29, 0.717) is 0 Å². The molecule has 0 bridgehead atoms. The first kappa shape index (κ1) is 15.6. The van der Waals surface area contributed by atoms with Crippen molar-refractivity contribution in [3.8, 4) is 5.75 Å². The lowest BCUT2D eigenvalue weighted by Crippen LogP contribution is -2.18. The van der Waals surface area contributed by atoms with Gasteiger partial charge in [-0.3, -0.25) is 0 Å². The lowest BCUT2D eigenvalue weighted by molar-refractivity contribution is 0.239. The lowest BCUT2D eigenvalue weighted by Gasteiger charge is -2.14. The Bertz CT molecular complexity index is 731. The van der Waals surface area contributed by atoms with Crippen molar-refractivity contribution in [1.29, 1.82) is 0 Å². The van der Waals surface area contributed by atoms with Crippen LogP contribution in [0.1, 0.15) is 25.2 Å². The largest absolute Gasteiger partial charge is 0.491 e. The molecule has 3 rings (SSSR count). The summed E-state index contributed by atoms with van der Waals surface area (Å²) < 4.78 is 5.84. The number of ether oxygens (including phenoxy) is 1. The SMILES string of the molecule is CC(C)Oc1ccccc1CNCCc1nc2ccccc2[nH]1. The van der Waals surface area contributed by atoms with Gasteiger partial charge in [0, 0.05) is 25.1 Å². The second kappa shape index (κ2) is 7.29. The van der Waals surface area contributed by atoms with Crippen LogP contribution in [0.4, 0.5) is 0 Å². The summed E-state index contributed by atoms with van der Waals surface area (Å²) in [6.45, 7) is 5.76. The Balaban J connectivity index is 1.53. The van der Waals surface area contributed by atoms with E-state index < -0.39 is 0 Å². The fourth-order valence-electron chi connectivity index (χ4n) is 2.57. The van der Waals surface area contributed by atoms with Crippen LogP contribution in [0.3, 0.4) is 0 Å². The summed E-state index contributed by atoms with van der Waals surface area (Å²) in [7, 11) is 0. The highest BCUT2D eigenvalue weighted by atomic mass is 16.5. The molecule has 3 aromatic rings. The first-order valence-corrected chi connectivity index (χ1v) is 8.11. The highest BCUT2D eigenvalue weighted by molar-refractivity contribution is 5.74. The second-order valence-electron chi connectivity index (χ2n) is 5.90. The standard InChI is InChI=1S/C19H23N3O/c1-14(2)23-18-10-6-3-7-15(18)13-20-12-11-19-21-16-8-4-5-9-17(16)22-19/h3-10,14,20H,11-13H2,1-2H3,(H,21,22). The van der Waals surface area contributed by atoms with Gasteiger partial charge in [0.2, 0.25) is 0 Å². The predicted molar refractivity (Wildman–Crippen MR) is 93.7 cm³/mol. The Labute approximate surface area is 136 Å². The molecule has 0 atom stereocenters. The van der Waals surface area contributed by atoms with Crippen LogP contribution in [-0.2, 0) is 13.0 Å². The van der Waals surface area contributed by atoms with Crippen LogP contribution in [0, 0.1) is 0 Å². The molecule has 0 radical (unpaired) electrons. The smallest absolute Gasteiger partial charge is 0.124 e. The summed E-state index contributed by atoms with van der Waals surface area (Å²) in [5.74, 6) is 1.98. The topological polar surface area (TPSA) is 49.9 Å². The molecular weight excluding hydrogens is 286 g/mol. The summed E-state index contributed by atoms with van der Waals surface area (Å²) in [4.78, 5) is 7.95. The maximum Gasteiger partial charge on any atom is 0.124 e. The molecule has 1 heterocycles. The van der Waals surface area contributed by atoms with E-state index in [-0.39, 0.29) is 6.10 Å². The normalized spacial score (nSPS) is 11.3. The molecule has 0 unspecified atom stereocenters. The molecular formula is C19H23N3O. The van der Waals surface area contributed by atoms with Crippen LogP contribution in [0.2, 0.25) is 0 Å². The average Bonchev–Trinajstić information content (AvgIpc) is 2.95. The van der Waals surface area contributed by atoms with Crippen LogP contribution >= 0.6 is 0 Å². The van der Waals surface area contributed by atoms with Gasteiger partial charge in [-0.15, -0.1) is 0 Å². The number of para-hydroxylation sites is 3. The second-order valence-corrected chi connectivity index (χ2v) is 5.90. The van der Waals surface area contributed by atoms with Crippen molar-refractivity contribution < 1.29 is 4.74 Å². The molecule has 2 N–H and O–H groups in total. The van der Waals surface area contributed by atoms with Crippen LogP contribution in [0.5, 0.6) is 5.75 Å². The van der Waals surface area contributed by atoms with Gasteiger partial charge in [0.15, 0.2) is 0 Å². The zero-order chi connectivity index (χ0) is 16.1. The number of aromatic amines is 1. The van der Waals surface area contributed by atoms with Gasteiger partial charge in [-0.1, -0.05) is 30.3 Å². The summed E-state index contributed by atoms with van der Waals surface area (Å²) in [6, 6.07) is 16.3. The minimum Gasteiger partial charge on any atom is -0.491 e. The number of aromatic nitrogens is 2. The molecule has 23 heavy (non-hydrogen) atoms. The van der Waals surface area contributed by atoms with Gasteiger partial charge in [-0.2, -0.15) is 0 Å². The van der Waals surface area contributed by atoms with Gasteiger partial charge in [-0.05, 0) is 32.0 Å². The van der Waals surface area contributed by atoms with Crippen LogP contribution in [0.25, 0.3) is 11.0 Å². The van der Waals surface area contributed by atoms with Gasteiger partial charge < -0.3 is 15.0 Å². The monoisotopic (exact) mass is 309 g/mol. The number of imidazole rings is 1. The molecule has 4 heteroatoms. The summed E-state index contributed by atoms with van der Waals surface area (Å²) >= 11 is 0. The number of benzene rings is 2. The molecule has 0 aliphatic carbocycles. The first-order valence-electron chi connectivity index (χ1n) is 8.11. The number of hydrogen-bond acceptors (Lipinski definition) is 3. The molecule has 1 aromatic heterocycles. The third-order valence-electron chi connectivity index (χ3n) is 3.63. The predicted octanol–water partition coefficient (Wildman–Crippen LogP) is 3.68. The Hall–Kier alpha value is -2.33. The fourth-order valence-corrected chi connectivity index (χ4v) is 2.57. The first-order chi connectivity index (χ1) is 11.2. The molecule has 2 aromatic carbocycles.